The molecule has 1 N–H and O–H groups in total. The number of thiol groups is 1. The third-order valence-electron chi connectivity index (χ3n) is 4.42. The van der Waals surface area contributed by atoms with E-state index in [1.54, 1.807) is 0 Å². The summed E-state index contributed by atoms with van der Waals surface area (Å²) >= 11 is 3.42. The molecule has 0 aromatic rings. The van der Waals surface area contributed by atoms with Gasteiger partial charge in [-0.05, 0) is 19.3 Å². The standard InChI is InChI=1S/C18H39O3PS/c1-2-3-4-5-6-7-8-9-10-11-12-13-14-15-16-17-18-22(19,20)21-23/h23H,2-18H2,1H3,(H,19,20). The first-order chi connectivity index (χ1) is 11.1. The molecule has 0 spiro atoms. The van der Waals surface area contributed by atoms with E-state index in [0.717, 1.165) is 19.3 Å². The summed E-state index contributed by atoms with van der Waals surface area (Å²) in [6.07, 6.45) is 21.1. The van der Waals surface area contributed by atoms with Gasteiger partial charge in [0, 0.05) is 0 Å². The fourth-order valence-corrected chi connectivity index (χ4v) is 3.85. The largest absolute Gasteiger partial charge is 0.338 e. The Hall–Kier alpha value is 0.500. The number of unbranched alkanes of at least 4 members (excludes halogenated alkanes) is 15. The van der Waals surface area contributed by atoms with Gasteiger partial charge in [0.25, 0.3) is 0 Å². The van der Waals surface area contributed by atoms with E-state index in [4.69, 9.17) is 0 Å². The van der Waals surface area contributed by atoms with Crippen molar-refractivity contribution < 1.29 is 13.4 Å². The van der Waals surface area contributed by atoms with Crippen molar-refractivity contribution in [1.29, 1.82) is 0 Å². The minimum Gasteiger partial charge on any atom is -0.324 e. The van der Waals surface area contributed by atoms with Gasteiger partial charge in [0.1, 0.15) is 0 Å². The topological polar surface area (TPSA) is 46.5 Å². The van der Waals surface area contributed by atoms with Crippen LogP contribution in [0.1, 0.15) is 110 Å². The van der Waals surface area contributed by atoms with Gasteiger partial charge in [0.2, 0.25) is 0 Å². The molecule has 140 valence electrons. The molecule has 5 heteroatoms. The van der Waals surface area contributed by atoms with Crippen LogP contribution in [0.5, 0.6) is 0 Å². The average Bonchev–Trinajstić information content (AvgIpc) is 2.54. The molecule has 0 aromatic carbocycles. The molecule has 0 radical (unpaired) electrons. The summed E-state index contributed by atoms with van der Waals surface area (Å²) in [7, 11) is -3.40. The second-order valence-corrected chi connectivity index (χ2v) is 9.12. The molecule has 0 rings (SSSR count). The van der Waals surface area contributed by atoms with E-state index in [2.05, 4.69) is 23.8 Å². The van der Waals surface area contributed by atoms with Crippen molar-refractivity contribution in [3.63, 3.8) is 0 Å². The van der Waals surface area contributed by atoms with Gasteiger partial charge in [0.05, 0.1) is 6.16 Å². The van der Waals surface area contributed by atoms with Crippen LogP contribution in [-0.4, -0.2) is 11.1 Å². The second-order valence-electron chi connectivity index (χ2n) is 6.75. The summed E-state index contributed by atoms with van der Waals surface area (Å²) < 4.78 is 15.5. The van der Waals surface area contributed by atoms with Crippen LogP contribution in [-0.2, 0) is 8.54 Å². The Morgan fingerprint density at radius 2 is 1.00 bits per heavy atom. The van der Waals surface area contributed by atoms with E-state index < -0.39 is 7.60 Å². The normalized spacial score (nSPS) is 14.0. The monoisotopic (exact) mass is 366 g/mol. The molecule has 0 aliphatic rings. The molecule has 0 fully saturated rings. The highest BCUT2D eigenvalue weighted by Crippen LogP contribution is 2.43. The van der Waals surface area contributed by atoms with Crippen molar-refractivity contribution in [2.75, 3.05) is 6.16 Å². The lowest BCUT2D eigenvalue weighted by Gasteiger charge is -2.07. The van der Waals surface area contributed by atoms with Crippen molar-refractivity contribution in [1.82, 2.24) is 0 Å². The predicted molar refractivity (Wildman–Crippen MR) is 104 cm³/mol. The zero-order valence-corrected chi connectivity index (χ0v) is 17.0. The molecule has 3 nitrogen and oxygen atoms in total. The maximum absolute atomic E-state index is 11.2. The van der Waals surface area contributed by atoms with Crippen molar-refractivity contribution in [3.05, 3.63) is 0 Å². The Morgan fingerprint density at radius 1 is 0.696 bits per heavy atom. The molecule has 0 aliphatic carbocycles. The van der Waals surface area contributed by atoms with E-state index in [9.17, 15) is 9.46 Å². The summed E-state index contributed by atoms with van der Waals surface area (Å²) in [5.74, 6) is 0. The first kappa shape index (κ1) is 23.5. The Kier molecular flexibility index (Phi) is 17.7. The van der Waals surface area contributed by atoms with Gasteiger partial charge in [-0.25, -0.2) is 3.97 Å². The molecule has 0 amide bonds. The van der Waals surface area contributed by atoms with Crippen molar-refractivity contribution in [2.24, 2.45) is 0 Å². The molecule has 23 heavy (non-hydrogen) atoms. The van der Waals surface area contributed by atoms with E-state index in [-0.39, 0.29) is 6.16 Å². The molecule has 0 aromatic heterocycles. The Balaban J connectivity index is 3.07. The molecular formula is C18H39O3PS. The highest BCUT2D eigenvalue weighted by molar-refractivity contribution is 7.81. The Morgan fingerprint density at radius 3 is 1.30 bits per heavy atom. The van der Waals surface area contributed by atoms with Crippen LogP contribution in [0.2, 0.25) is 0 Å². The summed E-state index contributed by atoms with van der Waals surface area (Å²) in [6, 6.07) is 0. The molecule has 0 saturated carbocycles. The average molecular weight is 367 g/mol. The lowest BCUT2D eigenvalue weighted by atomic mass is 10.0. The molecule has 0 aliphatic heterocycles. The second kappa shape index (κ2) is 17.3. The summed E-state index contributed by atoms with van der Waals surface area (Å²) in [5, 5.41) is 0. The molecule has 1 atom stereocenters. The SMILES string of the molecule is CCCCCCCCCCCCCCCCCCP(=O)(O)OS. The van der Waals surface area contributed by atoms with E-state index in [0.29, 0.717) is 0 Å². The number of hydrogen-bond donors (Lipinski definition) is 2. The Bertz CT molecular complexity index is 287. The molecule has 0 heterocycles. The minimum absolute atomic E-state index is 0.231. The third-order valence-corrected chi connectivity index (χ3v) is 6.32. The fraction of sp³-hybridized carbons (Fsp3) is 1.00. The van der Waals surface area contributed by atoms with Gasteiger partial charge < -0.3 is 4.89 Å². The zero-order valence-electron chi connectivity index (χ0n) is 15.2. The van der Waals surface area contributed by atoms with Crippen LogP contribution < -0.4 is 0 Å². The highest BCUT2D eigenvalue weighted by Gasteiger charge is 2.16. The summed E-state index contributed by atoms with van der Waals surface area (Å²) in [5.41, 5.74) is 0. The first-order valence-electron chi connectivity index (χ1n) is 9.77. The van der Waals surface area contributed by atoms with Crippen molar-refractivity contribution in [3.8, 4) is 0 Å². The highest BCUT2D eigenvalue weighted by atomic mass is 32.1. The van der Waals surface area contributed by atoms with Crippen LogP contribution in [0.25, 0.3) is 0 Å². The van der Waals surface area contributed by atoms with Crippen molar-refractivity contribution in [2.45, 2.75) is 110 Å². The number of rotatable bonds is 18. The van der Waals surface area contributed by atoms with Crippen LogP contribution >= 0.6 is 20.5 Å². The van der Waals surface area contributed by atoms with Gasteiger partial charge in [-0.3, -0.25) is 4.57 Å². The molecule has 1 unspecified atom stereocenters. The maximum atomic E-state index is 11.2. The van der Waals surface area contributed by atoms with E-state index >= 15 is 0 Å². The van der Waals surface area contributed by atoms with Gasteiger partial charge in [-0.1, -0.05) is 103 Å². The van der Waals surface area contributed by atoms with Crippen molar-refractivity contribution >= 4 is 20.5 Å². The Labute approximate surface area is 150 Å². The quantitative estimate of drug-likeness (QED) is 0.116. The smallest absolute Gasteiger partial charge is 0.324 e. The van der Waals surface area contributed by atoms with Crippen LogP contribution in [0.15, 0.2) is 0 Å². The minimum atomic E-state index is -3.40. The van der Waals surface area contributed by atoms with Crippen LogP contribution in [0.3, 0.4) is 0 Å². The molecule has 0 bridgehead atoms. The maximum Gasteiger partial charge on any atom is 0.338 e. The number of hydrogen-bond acceptors (Lipinski definition) is 3. The van der Waals surface area contributed by atoms with Crippen LogP contribution in [0, 0.1) is 0 Å². The fourth-order valence-electron chi connectivity index (χ4n) is 2.90. The van der Waals surface area contributed by atoms with Gasteiger partial charge >= 0.3 is 7.60 Å². The lowest BCUT2D eigenvalue weighted by molar-refractivity contribution is 0.400. The van der Waals surface area contributed by atoms with Crippen LogP contribution in [0.4, 0.5) is 0 Å². The predicted octanol–water partition coefficient (Wildman–Crippen LogP) is 7.29. The first-order valence-corrected chi connectivity index (χ1v) is 11.9. The lowest BCUT2D eigenvalue weighted by Crippen LogP contribution is -1.89. The van der Waals surface area contributed by atoms with Gasteiger partial charge in [-0.2, -0.15) is 0 Å². The summed E-state index contributed by atoms with van der Waals surface area (Å²) in [4.78, 5) is 9.20. The van der Waals surface area contributed by atoms with Gasteiger partial charge in [-0.15, -0.1) is 0 Å². The zero-order chi connectivity index (χ0) is 17.2. The molecular weight excluding hydrogens is 327 g/mol. The van der Waals surface area contributed by atoms with E-state index in [1.807, 2.05) is 0 Å². The van der Waals surface area contributed by atoms with Gasteiger partial charge in [0.15, 0.2) is 0 Å². The third kappa shape index (κ3) is 18.7. The summed E-state index contributed by atoms with van der Waals surface area (Å²) in [6.45, 7) is 2.27. The molecule has 0 saturated heterocycles. The van der Waals surface area contributed by atoms with E-state index in [1.165, 1.54) is 83.5 Å².